The lowest BCUT2D eigenvalue weighted by molar-refractivity contribution is 0.280. The first-order valence-electron chi connectivity index (χ1n) is 8.95. The number of hydrogen-bond donors (Lipinski definition) is 0. The van der Waals surface area contributed by atoms with Gasteiger partial charge in [0.15, 0.2) is 0 Å². The van der Waals surface area contributed by atoms with Crippen LogP contribution in [-0.4, -0.2) is 40.2 Å². The highest BCUT2D eigenvalue weighted by atomic mass is 32.9. The topological polar surface area (TPSA) is 61.8 Å². The predicted octanol–water partition coefficient (Wildman–Crippen LogP) is 5.20. The molecule has 0 N–H and O–H groups in total. The molecule has 0 aromatic rings. The molecule has 152 valence electrons. The second kappa shape index (κ2) is 11.3. The first kappa shape index (κ1) is 24.3. The highest BCUT2D eigenvalue weighted by Crippen LogP contribution is 2.62. The molecule has 9 heteroatoms. The lowest BCUT2D eigenvalue weighted by Gasteiger charge is -2.19. The summed E-state index contributed by atoms with van der Waals surface area (Å²) in [4.78, 5) is 0. The minimum Gasteiger partial charge on any atom is -0.322 e. The normalized spacial score (nSPS) is 16.5. The number of allylic oxidation sites excluding steroid dienone is 2. The van der Waals surface area contributed by atoms with E-state index in [2.05, 4.69) is 18.0 Å². The minimum atomic E-state index is -3.25. The monoisotopic (exact) mass is 442 g/mol. The second-order valence-corrected chi connectivity index (χ2v) is 14.0. The van der Waals surface area contributed by atoms with E-state index in [1.54, 1.807) is 22.5 Å². The van der Waals surface area contributed by atoms with E-state index in [1.165, 1.54) is 18.4 Å². The van der Waals surface area contributed by atoms with Crippen LogP contribution in [0.1, 0.15) is 53.4 Å². The molecule has 0 bridgehead atoms. The molecule has 2 aliphatic rings. The van der Waals surface area contributed by atoms with E-state index >= 15 is 0 Å². The van der Waals surface area contributed by atoms with Crippen molar-refractivity contribution in [3.63, 3.8) is 0 Å². The van der Waals surface area contributed by atoms with Crippen LogP contribution < -0.4 is 0 Å². The minimum absolute atomic E-state index is 0.266. The van der Waals surface area contributed by atoms with Crippen LogP contribution in [0.5, 0.6) is 0 Å². The molecule has 0 fully saturated rings. The van der Waals surface area contributed by atoms with Crippen molar-refractivity contribution in [2.24, 2.45) is 0 Å². The van der Waals surface area contributed by atoms with Gasteiger partial charge in [-0.15, -0.1) is 0 Å². The summed E-state index contributed by atoms with van der Waals surface area (Å²) >= 11 is 7.11. The highest BCUT2D eigenvalue weighted by Gasteiger charge is 2.25. The molecule has 0 aromatic heterocycles. The van der Waals surface area contributed by atoms with Crippen LogP contribution in [0.25, 0.3) is 0 Å². The van der Waals surface area contributed by atoms with Gasteiger partial charge in [-0.05, 0) is 56.9 Å². The van der Waals surface area contributed by atoms with Gasteiger partial charge < -0.3 is 9.05 Å². The molecule has 0 aromatic carbocycles. The smallest absolute Gasteiger partial charge is 0.264 e. The molecule has 0 amide bonds. The Balaban J connectivity index is 0.000000273. The molecular formula is C17H31O5PS3. The van der Waals surface area contributed by atoms with Crippen molar-refractivity contribution in [1.82, 2.24) is 0 Å². The third-order valence-electron chi connectivity index (χ3n) is 3.88. The molecule has 2 rings (SSSR count). The molecule has 0 radical (unpaired) electrons. The molecule has 26 heavy (non-hydrogen) atoms. The maximum atomic E-state index is 10.5. The average molecular weight is 443 g/mol. The van der Waals surface area contributed by atoms with Crippen molar-refractivity contribution in [3.8, 4) is 0 Å². The van der Waals surface area contributed by atoms with E-state index in [-0.39, 0.29) is 6.61 Å². The van der Waals surface area contributed by atoms with Gasteiger partial charge in [0.2, 0.25) is 5.69 Å². The molecule has 0 saturated carbocycles. The van der Waals surface area contributed by atoms with Crippen LogP contribution in [-0.2, 0) is 35.2 Å². The zero-order valence-corrected chi connectivity index (χ0v) is 19.7. The van der Waals surface area contributed by atoms with E-state index in [4.69, 9.17) is 20.9 Å². The summed E-state index contributed by atoms with van der Waals surface area (Å²) < 4.78 is 36.7. The van der Waals surface area contributed by atoms with Crippen molar-refractivity contribution < 1.29 is 21.6 Å². The third-order valence-corrected chi connectivity index (χ3v) is 9.91. The van der Waals surface area contributed by atoms with Crippen LogP contribution in [0, 0.1) is 0 Å². The fraction of sp³-hybridized carbons (Fsp3) is 0.765. The zero-order chi connectivity index (χ0) is 19.8. The third kappa shape index (κ3) is 10.0. The quantitative estimate of drug-likeness (QED) is 0.234. The number of hydrogen-bond acceptors (Lipinski definition) is 7. The lowest BCUT2D eigenvalue weighted by atomic mass is 10.4. The first-order chi connectivity index (χ1) is 12.2. The number of rotatable bonds is 12. The van der Waals surface area contributed by atoms with Gasteiger partial charge in [0, 0.05) is 5.75 Å². The molecule has 2 aliphatic carbocycles. The molecule has 0 aliphatic heterocycles. The average Bonchev–Trinajstić information content (AvgIpc) is 3.46. The van der Waals surface area contributed by atoms with E-state index in [1.807, 2.05) is 13.8 Å². The van der Waals surface area contributed by atoms with E-state index < -0.39 is 15.8 Å². The summed E-state index contributed by atoms with van der Waals surface area (Å²) in [7, 11) is -3.25. The largest absolute Gasteiger partial charge is 0.322 e. The summed E-state index contributed by atoms with van der Waals surface area (Å²) in [6, 6.07) is 0. The Hall–Kier alpha value is 0.310. The zero-order valence-electron chi connectivity index (χ0n) is 16.4. The van der Waals surface area contributed by atoms with Crippen LogP contribution in [0.15, 0.2) is 22.3 Å². The Kier molecular flexibility index (Phi) is 10.6. The lowest BCUT2D eigenvalue weighted by Crippen LogP contribution is -2.02. The SMILES string of the molecule is CCC1=C(COS(C)(=O)=O)C1.CCOP(=S)(OCC)SCC1=C(CC)C1. The molecule has 0 spiro atoms. The van der Waals surface area contributed by atoms with Gasteiger partial charge >= 0.3 is 0 Å². The fourth-order valence-electron chi connectivity index (χ4n) is 2.25. The molecular weight excluding hydrogens is 411 g/mol. The standard InChI is InChI=1S/C10H19O2PS2.C7H12O3S/c1-4-9-7-10(9)8-15-13(14,11-5-2)12-6-3;1-3-6-4-7(6)5-10-11(2,8)9/h4-8H2,1-3H3;3-5H2,1-2H3. The Bertz CT molecular complexity index is 673. The Labute approximate surface area is 168 Å². The highest BCUT2D eigenvalue weighted by molar-refractivity contribution is 8.67. The molecule has 0 saturated heterocycles. The first-order valence-corrected chi connectivity index (χ1v) is 15.0. The van der Waals surface area contributed by atoms with Gasteiger partial charge in [-0.1, -0.05) is 41.9 Å². The Morgan fingerprint density at radius 2 is 1.46 bits per heavy atom. The molecule has 0 atom stereocenters. The summed E-state index contributed by atoms with van der Waals surface area (Å²) in [6.07, 6.45) is 5.44. The summed E-state index contributed by atoms with van der Waals surface area (Å²) in [5.41, 5.74) is 3.58. The van der Waals surface area contributed by atoms with Crippen molar-refractivity contribution >= 4 is 39.0 Å². The van der Waals surface area contributed by atoms with Gasteiger partial charge in [-0.3, -0.25) is 4.18 Å². The van der Waals surface area contributed by atoms with Crippen LogP contribution in [0.3, 0.4) is 0 Å². The molecule has 0 heterocycles. The maximum Gasteiger partial charge on any atom is 0.264 e. The van der Waals surface area contributed by atoms with Gasteiger partial charge in [-0.2, -0.15) is 8.42 Å². The van der Waals surface area contributed by atoms with Crippen molar-refractivity contribution in [2.75, 3.05) is 31.8 Å². The molecule has 0 unspecified atom stereocenters. The van der Waals surface area contributed by atoms with Crippen LogP contribution >= 0.6 is 17.1 Å². The Morgan fingerprint density at radius 3 is 1.85 bits per heavy atom. The fourth-order valence-corrected chi connectivity index (χ4v) is 7.21. The van der Waals surface area contributed by atoms with E-state index in [0.717, 1.165) is 30.4 Å². The Morgan fingerprint density at radius 1 is 0.962 bits per heavy atom. The van der Waals surface area contributed by atoms with E-state index in [0.29, 0.717) is 13.2 Å². The van der Waals surface area contributed by atoms with Gasteiger partial charge in [-0.25, -0.2) is 0 Å². The van der Waals surface area contributed by atoms with Crippen molar-refractivity contribution in [3.05, 3.63) is 22.3 Å². The van der Waals surface area contributed by atoms with Gasteiger partial charge in [0.1, 0.15) is 0 Å². The summed E-state index contributed by atoms with van der Waals surface area (Å²) in [6.45, 7) is 9.75. The van der Waals surface area contributed by atoms with Crippen molar-refractivity contribution in [2.45, 2.75) is 53.4 Å². The summed E-state index contributed by atoms with van der Waals surface area (Å²) in [5.74, 6) is 1.00. The van der Waals surface area contributed by atoms with Crippen LogP contribution in [0.4, 0.5) is 0 Å². The van der Waals surface area contributed by atoms with Gasteiger partial charge in [0.05, 0.1) is 26.1 Å². The van der Waals surface area contributed by atoms with E-state index in [9.17, 15) is 8.42 Å². The maximum absolute atomic E-state index is 10.5. The van der Waals surface area contributed by atoms with Crippen LogP contribution in [0.2, 0.25) is 0 Å². The van der Waals surface area contributed by atoms with Gasteiger partial charge in [0.25, 0.3) is 10.1 Å². The predicted molar refractivity (Wildman–Crippen MR) is 115 cm³/mol. The summed E-state index contributed by atoms with van der Waals surface area (Å²) in [5, 5.41) is 0. The second-order valence-electron chi connectivity index (χ2n) is 6.00. The van der Waals surface area contributed by atoms with Crippen molar-refractivity contribution in [1.29, 1.82) is 0 Å². The molecule has 5 nitrogen and oxygen atoms in total.